The number of piperidine rings is 1. The summed E-state index contributed by atoms with van der Waals surface area (Å²) in [6.07, 6.45) is 2.03. The number of likely N-dealkylation sites (tertiary alicyclic amines) is 1. The van der Waals surface area contributed by atoms with Crippen molar-refractivity contribution in [2.24, 2.45) is 0 Å². The number of hydrogen-bond donors (Lipinski definition) is 1. The van der Waals surface area contributed by atoms with Crippen molar-refractivity contribution in [1.29, 1.82) is 0 Å². The number of hydrogen-bond acceptors (Lipinski definition) is 3. The summed E-state index contributed by atoms with van der Waals surface area (Å²) in [5.74, 6) is -0.00122. The van der Waals surface area contributed by atoms with Crippen molar-refractivity contribution < 1.29 is 4.79 Å². The van der Waals surface area contributed by atoms with Gasteiger partial charge in [0.15, 0.2) is 5.69 Å². The van der Waals surface area contributed by atoms with Gasteiger partial charge in [0.05, 0.1) is 17.3 Å². The van der Waals surface area contributed by atoms with Gasteiger partial charge in [-0.2, -0.15) is 10.2 Å². The zero-order chi connectivity index (χ0) is 16.7. The van der Waals surface area contributed by atoms with Gasteiger partial charge in [0.1, 0.15) is 0 Å². The Bertz CT molecular complexity index is 894. The summed E-state index contributed by atoms with van der Waals surface area (Å²) in [5.41, 5.74) is 3.58. The number of para-hydroxylation sites is 1. The first kappa shape index (κ1) is 14.9. The van der Waals surface area contributed by atoms with E-state index in [0.29, 0.717) is 12.2 Å². The van der Waals surface area contributed by atoms with Gasteiger partial charge in [0.25, 0.3) is 5.91 Å². The Kier molecular flexibility index (Phi) is 3.59. The lowest BCUT2D eigenvalue weighted by Gasteiger charge is -2.33. The fraction of sp³-hybridized carbons (Fsp3) is 0.389. The van der Waals surface area contributed by atoms with Crippen LogP contribution < -0.4 is 0 Å². The molecule has 24 heavy (non-hydrogen) atoms. The van der Waals surface area contributed by atoms with Gasteiger partial charge >= 0.3 is 0 Å². The van der Waals surface area contributed by atoms with E-state index in [1.165, 1.54) is 0 Å². The quantitative estimate of drug-likeness (QED) is 0.788. The van der Waals surface area contributed by atoms with Crippen molar-refractivity contribution in [3.63, 3.8) is 0 Å². The number of amides is 1. The average Bonchev–Trinajstić information content (AvgIpc) is 3.17. The first-order valence-corrected chi connectivity index (χ1v) is 8.38. The Morgan fingerprint density at radius 1 is 1.29 bits per heavy atom. The second kappa shape index (κ2) is 5.78. The van der Waals surface area contributed by atoms with Crippen LogP contribution in [0, 0.1) is 13.8 Å². The first-order valence-electron chi connectivity index (χ1n) is 8.38. The molecule has 1 fully saturated rings. The van der Waals surface area contributed by atoms with Crippen molar-refractivity contribution in [2.45, 2.75) is 32.7 Å². The number of aryl methyl sites for hydroxylation is 2. The summed E-state index contributed by atoms with van der Waals surface area (Å²) in [7, 11) is 0. The average molecular weight is 323 g/mol. The maximum atomic E-state index is 13.0. The molecule has 6 nitrogen and oxygen atoms in total. The lowest BCUT2D eigenvalue weighted by molar-refractivity contribution is 0.0667. The summed E-state index contributed by atoms with van der Waals surface area (Å²) < 4.78 is 2.07. The number of aromatic nitrogens is 4. The Morgan fingerprint density at radius 2 is 2.12 bits per heavy atom. The molecular weight excluding hydrogens is 302 g/mol. The largest absolute Gasteiger partial charge is 0.335 e. The highest BCUT2D eigenvalue weighted by atomic mass is 16.2. The van der Waals surface area contributed by atoms with Crippen molar-refractivity contribution in [3.8, 4) is 0 Å². The van der Waals surface area contributed by atoms with Crippen LogP contribution in [0.2, 0.25) is 0 Å². The van der Waals surface area contributed by atoms with E-state index in [1.54, 1.807) is 0 Å². The van der Waals surface area contributed by atoms with Gasteiger partial charge in [-0.15, -0.1) is 0 Å². The van der Waals surface area contributed by atoms with Gasteiger partial charge in [-0.3, -0.25) is 14.6 Å². The minimum Gasteiger partial charge on any atom is -0.335 e. The molecule has 3 heterocycles. The number of aromatic amines is 1. The molecule has 1 aromatic carbocycles. The number of benzene rings is 1. The third kappa shape index (κ3) is 2.48. The van der Waals surface area contributed by atoms with Gasteiger partial charge in [0.2, 0.25) is 0 Å². The molecule has 1 amide bonds. The number of fused-ring (bicyclic) bond motifs is 1. The fourth-order valence-electron chi connectivity index (χ4n) is 3.63. The number of nitrogens with zero attached hydrogens (tertiary/aromatic N) is 4. The van der Waals surface area contributed by atoms with Gasteiger partial charge in [-0.1, -0.05) is 18.2 Å². The Balaban J connectivity index is 1.60. The van der Waals surface area contributed by atoms with E-state index >= 15 is 0 Å². The monoisotopic (exact) mass is 323 g/mol. The summed E-state index contributed by atoms with van der Waals surface area (Å²) in [5, 5.41) is 12.7. The molecule has 0 radical (unpaired) electrons. The van der Waals surface area contributed by atoms with E-state index in [-0.39, 0.29) is 11.9 Å². The molecule has 2 aromatic heterocycles. The van der Waals surface area contributed by atoms with Crippen LogP contribution >= 0.6 is 0 Å². The van der Waals surface area contributed by atoms with Gasteiger partial charge in [0, 0.05) is 24.2 Å². The topological polar surface area (TPSA) is 66.8 Å². The van der Waals surface area contributed by atoms with E-state index < -0.39 is 0 Å². The Hall–Kier alpha value is -2.63. The lowest BCUT2D eigenvalue weighted by Crippen LogP contribution is -2.41. The Morgan fingerprint density at radius 3 is 2.92 bits per heavy atom. The zero-order valence-electron chi connectivity index (χ0n) is 14.0. The molecule has 1 aliphatic heterocycles. The van der Waals surface area contributed by atoms with E-state index in [4.69, 9.17) is 0 Å². The minimum absolute atomic E-state index is 0.00122. The molecule has 4 rings (SSSR count). The molecule has 0 bridgehead atoms. The highest BCUT2D eigenvalue weighted by Crippen LogP contribution is 2.25. The van der Waals surface area contributed by atoms with Crippen LogP contribution in [0.15, 0.2) is 30.3 Å². The van der Waals surface area contributed by atoms with E-state index in [2.05, 4.69) is 33.0 Å². The van der Waals surface area contributed by atoms with E-state index in [9.17, 15) is 4.79 Å². The van der Waals surface area contributed by atoms with Crippen LogP contribution in [0.5, 0.6) is 0 Å². The van der Waals surface area contributed by atoms with Crippen LogP contribution in [0.4, 0.5) is 0 Å². The molecule has 1 saturated heterocycles. The van der Waals surface area contributed by atoms with Crippen LogP contribution in [0.3, 0.4) is 0 Å². The molecule has 0 saturated carbocycles. The molecule has 0 unspecified atom stereocenters. The van der Waals surface area contributed by atoms with E-state index in [1.807, 2.05) is 36.1 Å². The number of carbonyl (C=O) groups is 1. The lowest BCUT2D eigenvalue weighted by atomic mass is 10.0. The SMILES string of the molecule is Cc1cc(C)n([C@H]2CCCN(C(=O)c3n[nH]c4ccccc34)C2)n1. The predicted molar refractivity (Wildman–Crippen MR) is 92.0 cm³/mol. The van der Waals surface area contributed by atoms with E-state index in [0.717, 1.165) is 41.7 Å². The molecule has 124 valence electrons. The number of carbonyl (C=O) groups excluding carboxylic acids is 1. The van der Waals surface area contributed by atoms with Gasteiger partial charge < -0.3 is 4.90 Å². The highest BCUT2D eigenvalue weighted by Gasteiger charge is 2.28. The third-order valence-electron chi connectivity index (χ3n) is 4.75. The number of rotatable bonds is 2. The highest BCUT2D eigenvalue weighted by molar-refractivity contribution is 6.04. The van der Waals surface area contributed by atoms with Crippen LogP contribution in [-0.4, -0.2) is 43.9 Å². The van der Waals surface area contributed by atoms with Crippen molar-refractivity contribution in [3.05, 3.63) is 47.4 Å². The summed E-state index contributed by atoms with van der Waals surface area (Å²) in [6.45, 7) is 5.53. The molecular formula is C18H21N5O. The summed E-state index contributed by atoms with van der Waals surface area (Å²) >= 11 is 0. The predicted octanol–water partition coefficient (Wildman–Crippen LogP) is 2.85. The zero-order valence-corrected chi connectivity index (χ0v) is 14.0. The standard InChI is InChI=1S/C18H21N5O/c1-12-10-13(2)23(21-12)14-6-5-9-22(11-14)18(24)17-15-7-3-4-8-16(15)19-20-17/h3-4,7-8,10,14H,5-6,9,11H2,1-2H3,(H,19,20)/t14-/m0/s1. The smallest absolute Gasteiger partial charge is 0.275 e. The van der Waals surface area contributed by atoms with Crippen molar-refractivity contribution in [2.75, 3.05) is 13.1 Å². The Labute approximate surface area is 140 Å². The molecule has 1 aliphatic rings. The summed E-state index contributed by atoms with van der Waals surface area (Å²) in [6, 6.07) is 10.1. The van der Waals surface area contributed by atoms with Crippen LogP contribution in [-0.2, 0) is 0 Å². The maximum absolute atomic E-state index is 13.0. The fourth-order valence-corrected chi connectivity index (χ4v) is 3.63. The third-order valence-corrected chi connectivity index (χ3v) is 4.75. The van der Waals surface area contributed by atoms with Crippen molar-refractivity contribution >= 4 is 16.8 Å². The molecule has 3 aromatic rings. The van der Waals surface area contributed by atoms with Gasteiger partial charge in [-0.05, 0) is 38.8 Å². The van der Waals surface area contributed by atoms with Crippen LogP contribution in [0.25, 0.3) is 10.9 Å². The van der Waals surface area contributed by atoms with Crippen LogP contribution in [0.1, 0.15) is 40.8 Å². The molecule has 1 N–H and O–H groups in total. The second-order valence-corrected chi connectivity index (χ2v) is 6.54. The normalized spacial score (nSPS) is 18.2. The van der Waals surface area contributed by atoms with Gasteiger partial charge in [-0.25, -0.2) is 0 Å². The molecule has 1 atom stereocenters. The molecule has 0 spiro atoms. The van der Waals surface area contributed by atoms with Crippen molar-refractivity contribution in [1.82, 2.24) is 24.9 Å². The number of H-pyrrole nitrogens is 1. The maximum Gasteiger partial charge on any atom is 0.275 e. The summed E-state index contributed by atoms with van der Waals surface area (Å²) in [4.78, 5) is 14.9. The first-order chi connectivity index (χ1) is 11.6. The molecule has 0 aliphatic carbocycles. The molecule has 6 heteroatoms. The second-order valence-electron chi connectivity index (χ2n) is 6.54. The number of nitrogens with one attached hydrogen (secondary N) is 1. The minimum atomic E-state index is -0.00122.